The van der Waals surface area contributed by atoms with E-state index in [4.69, 9.17) is 9.40 Å². The average molecular weight is 379 g/mol. The predicted octanol–water partition coefficient (Wildman–Crippen LogP) is 3.57. The maximum atomic E-state index is 13.0. The summed E-state index contributed by atoms with van der Waals surface area (Å²) < 4.78 is 7.78. The van der Waals surface area contributed by atoms with Crippen molar-refractivity contribution in [2.24, 2.45) is 0 Å². The molecule has 27 heavy (non-hydrogen) atoms. The van der Waals surface area contributed by atoms with Crippen LogP contribution in [0.15, 0.2) is 57.7 Å². The number of thiazole rings is 1. The van der Waals surface area contributed by atoms with Crippen LogP contribution in [0.25, 0.3) is 21.3 Å². The van der Waals surface area contributed by atoms with Crippen LogP contribution in [0.3, 0.4) is 0 Å². The van der Waals surface area contributed by atoms with Gasteiger partial charge in [0.15, 0.2) is 5.58 Å². The average Bonchev–Trinajstić information content (AvgIpc) is 3.38. The summed E-state index contributed by atoms with van der Waals surface area (Å²) in [6.45, 7) is 0.668. The molecule has 1 saturated heterocycles. The predicted molar refractivity (Wildman–Crippen MR) is 104 cm³/mol. The molecule has 7 heteroatoms. The van der Waals surface area contributed by atoms with Gasteiger partial charge in [-0.2, -0.15) is 0 Å². The topological polar surface area (TPSA) is 68.3 Å². The summed E-state index contributed by atoms with van der Waals surface area (Å²) in [5, 5.41) is 0.964. The molecule has 3 heterocycles. The van der Waals surface area contributed by atoms with Gasteiger partial charge < -0.3 is 9.32 Å². The Bertz CT molecular complexity index is 1170. The van der Waals surface area contributed by atoms with Crippen molar-refractivity contribution in [3.63, 3.8) is 0 Å². The Balaban J connectivity index is 1.45. The van der Waals surface area contributed by atoms with E-state index >= 15 is 0 Å². The van der Waals surface area contributed by atoms with Crippen LogP contribution in [0, 0.1) is 0 Å². The molecule has 1 atom stereocenters. The second-order valence-electron chi connectivity index (χ2n) is 6.69. The fourth-order valence-corrected chi connectivity index (χ4v) is 4.86. The molecule has 2 aromatic carbocycles. The van der Waals surface area contributed by atoms with Crippen LogP contribution in [0.1, 0.15) is 23.9 Å². The summed E-state index contributed by atoms with van der Waals surface area (Å²) in [5.74, 6) is -0.578. The fraction of sp³-hybridized carbons (Fsp3) is 0.250. The first-order chi connectivity index (χ1) is 13.2. The van der Waals surface area contributed by atoms with Crippen molar-refractivity contribution in [3.05, 3.63) is 64.1 Å². The molecule has 1 fully saturated rings. The normalized spacial score (nSPS) is 17.2. The van der Waals surface area contributed by atoms with Crippen LogP contribution >= 0.6 is 11.3 Å². The van der Waals surface area contributed by atoms with Crippen molar-refractivity contribution < 1.29 is 9.21 Å². The molecule has 0 radical (unpaired) electrons. The van der Waals surface area contributed by atoms with Gasteiger partial charge >= 0.3 is 5.76 Å². The Hall–Kier alpha value is -2.93. The van der Waals surface area contributed by atoms with Crippen LogP contribution in [-0.4, -0.2) is 26.9 Å². The molecule has 1 unspecified atom stereocenters. The quantitative estimate of drug-likeness (QED) is 0.546. The summed E-state index contributed by atoms with van der Waals surface area (Å²) in [7, 11) is 0. The number of amides is 1. The first-order valence-corrected chi connectivity index (χ1v) is 9.76. The van der Waals surface area contributed by atoms with Gasteiger partial charge in [0.1, 0.15) is 11.6 Å². The van der Waals surface area contributed by atoms with Gasteiger partial charge in [0.25, 0.3) is 0 Å². The van der Waals surface area contributed by atoms with E-state index in [2.05, 4.69) is 6.07 Å². The fourth-order valence-electron chi connectivity index (χ4n) is 3.74. The second-order valence-corrected chi connectivity index (χ2v) is 7.75. The lowest BCUT2D eigenvalue weighted by molar-refractivity contribution is -0.132. The number of para-hydroxylation sites is 3. The van der Waals surface area contributed by atoms with Crippen LogP contribution in [0.2, 0.25) is 0 Å². The van der Waals surface area contributed by atoms with Crippen molar-refractivity contribution in [1.82, 2.24) is 14.5 Å². The third-order valence-corrected chi connectivity index (χ3v) is 6.17. The largest absolute Gasteiger partial charge is 0.420 e. The molecule has 0 spiro atoms. The number of aromatic nitrogens is 2. The van der Waals surface area contributed by atoms with Gasteiger partial charge in [-0.1, -0.05) is 24.3 Å². The standard InChI is InChI=1S/C20H17N3O3S/c24-18(12-23-14-7-2-3-9-16(14)26-20(23)25)22-11-5-8-15(22)19-21-13-6-1-4-10-17(13)27-19/h1-4,6-7,9-10,15H,5,8,11-12H2. The number of rotatable bonds is 3. The number of benzene rings is 2. The van der Waals surface area contributed by atoms with E-state index in [-0.39, 0.29) is 18.5 Å². The van der Waals surface area contributed by atoms with Gasteiger partial charge in [-0.15, -0.1) is 11.3 Å². The number of hydrogen-bond acceptors (Lipinski definition) is 5. The number of nitrogens with zero attached hydrogens (tertiary/aromatic N) is 3. The van der Waals surface area contributed by atoms with E-state index in [0.717, 1.165) is 28.1 Å². The van der Waals surface area contributed by atoms with Crippen molar-refractivity contribution in [1.29, 1.82) is 0 Å². The maximum Gasteiger partial charge on any atom is 0.420 e. The summed E-state index contributed by atoms with van der Waals surface area (Å²) in [6.07, 6.45) is 1.83. The highest BCUT2D eigenvalue weighted by Crippen LogP contribution is 2.36. The Morgan fingerprint density at radius 1 is 1.19 bits per heavy atom. The molecular formula is C20H17N3O3S. The van der Waals surface area contributed by atoms with Gasteiger partial charge in [-0.05, 0) is 37.1 Å². The molecule has 2 aromatic heterocycles. The lowest BCUT2D eigenvalue weighted by atomic mass is 10.2. The Kier molecular flexibility index (Phi) is 3.82. The molecule has 0 saturated carbocycles. The molecule has 136 valence electrons. The number of carbonyl (C=O) groups excluding carboxylic acids is 1. The number of carbonyl (C=O) groups is 1. The minimum absolute atomic E-state index is 0.0166. The van der Waals surface area contributed by atoms with E-state index in [1.165, 1.54) is 4.57 Å². The highest BCUT2D eigenvalue weighted by molar-refractivity contribution is 7.18. The number of fused-ring (bicyclic) bond motifs is 2. The van der Waals surface area contributed by atoms with Crippen molar-refractivity contribution >= 4 is 38.6 Å². The molecule has 4 aromatic rings. The SMILES string of the molecule is O=C(Cn1c(=O)oc2ccccc21)N1CCCC1c1nc2ccccc2s1. The smallest absolute Gasteiger partial charge is 0.408 e. The first-order valence-electron chi connectivity index (χ1n) is 8.94. The molecule has 1 aliphatic rings. The van der Waals surface area contributed by atoms with Crippen molar-refractivity contribution in [3.8, 4) is 0 Å². The van der Waals surface area contributed by atoms with E-state index in [9.17, 15) is 9.59 Å². The van der Waals surface area contributed by atoms with Crippen LogP contribution in [-0.2, 0) is 11.3 Å². The highest BCUT2D eigenvalue weighted by atomic mass is 32.1. The number of hydrogen-bond donors (Lipinski definition) is 0. The van der Waals surface area contributed by atoms with Crippen molar-refractivity contribution in [2.45, 2.75) is 25.4 Å². The third-order valence-electron chi connectivity index (χ3n) is 5.04. The van der Waals surface area contributed by atoms with Gasteiger partial charge in [-0.3, -0.25) is 9.36 Å². The minimum atomic E-state index is -0.500. The van der Waals surface area contributed by atoms with Gasteiger partial charge in [0, 0.05) is 6.54 Å². The van der Waals surface area contributed by atoms with E-state index < -0.39 is 5.76 Å². The Labute approximate surface area is 158 Å². The van der Waals surface area contributed by atoms with Gasteiger partial charge in [-0.25, -0.2) is 9.78 Å². The Morgan fingerprint density at radius 3 is 2.89 bits per heavy atom. The molecule has 0 aliphatic carbocycles. The maximum absolute atomic E-state index is 13.0. The van der Waals surface area contributed by atoms with E-state index in [1.54, 1.807) is 29.5 Å². The van der Waals surface area contributed by atoms with Crippen molar-refractivity contribution in [2.75, 3.05) is 6.54 Å². The van der Waals surface area contributed by atoms with Crippen LogP contribution < -0.4 is 5.76 Å². The highest BCUT2D eigenvalue weighted by Gasteiger charge is 2.32. The summed E-state index contributed by atoms with van der Waals surface area (Å²) >= 11 is 1.64. The summed E-state index contributed by atoms with van der Waals surface area (Å²) in [6, 6.07) is 15.2. The van der Waals surface area contributed by atoms with Gasteiger partial charge in [0.05, 0.1) is 21.8 Å². The van der Waals surface area contributed by atoms with E-state index in [0.29, 0.717) is 17.6 Å². The van der Waals surface area contributed by atoms with Crippen LogP contribution in [0.4, 0.5) is 0 Å². The molecular weight excluding hydrogens is 362 g/mol. The summed E-state index contributed by atoms with van der Waals surface area (Å²) in [5.41, 5.74) is 2.11. The molecule has 0 bridgehead atoms. The number of oxazole rings is 1. The molecule has 1 aliphatic heterocycles. The minimum Gasteiger partial charge on any atom is -0.408 e. The zero-order valence-electron chi connectivity index (χ0n) is 14.5. The van der Waals surface area contributed by atoms with E-state index in [1.807, 2.05) is 29.2 Å². The Morgan fingerprint density at radius 2 is 2.00 bits per heavy atom. The zero-order chi connectivity index (χ0) is 18.4. The lowest BCUT2D eigenvalue weighted by Crippen LogP contribution is -2.35. The first kappa shape index (κ1) is 16.3. The van der Waals surface area contributed by atoms with Gasteiger partial charge in [0.2, 0.25) is 5.91 Å². The molecule has 6 nitrogen and oxygen atoms in total. The van der Waals surface area contributed by atoms with Crippen LogP contribution in [0.5, 0.6) is 0 Å². The molecule has 5 rings (SSSR count). The lowest BCUT2D eigenvalue weighted by Gasteiger charge is -2.23. The zero-order valence-corrected chi connectivity index (χ0v) is 15.3. The molecule has 0 N–H and O–H groups in total. The monoisotopic (exact) mass is 379 g/mol. The number of likely N-dealkylation sites (tertiary alicyclic amines) is 1. The summed E-state index contributed by atoms with van der Waals surface area (Å²) in [4.78, 5) is 31.8. The third kappa shape index (κ3) is 2.75. The second kappa shape index (κ2) is 6.35. The molecule has 1 amide bonds.